The second kappa shape index (κ2) is 5.12. The van der Waals surface area contributed by atoms with E-state index in [0.717, 1.165) is 26.0 Å². The molecule has 86 valence electrons. The van der Waals surface area contributed by atoms with Crippen molar-refractivity contribution in [2.75, 3.05) is 13.7 Å². The second-order valence-electron chi connectivity index (χ2n) is 3.94. The van der Waals surface area contributed by atoms with Crippen molar-refractivity contribution in [3.8, 4) is 0 Å². The van der Waals surface area contributed by atoms with Gasteiger partial charge in [0.2, 0.25) is 0 Å². The first-order valence-electron chi connectivity index (χ1n) is 5.77. The summed E-state index contributed by atoms with van der Waals surface area (Å²) in [6.45, 7) is 4.00. The van der Waals surface area contributed by atoms with Gasteiger partial charge in [-0.2, -0.15) is 0 Å². The van der Waals surface area contributed by atoms with Gasteiger partial charge in [0.1, 0.15) is 0 Å². The Labute approximate surface area is 96.1 Å². The van der Waals surface area contributed by atoms with Gasteiger partial charge in [0, 0.05) is 44.2 Å². The van der Waals surface area contributed by atoms with Crippen LogP contribution in [0.15, 0.2) is 24.7 Å². The zero-order valence-electron chi connectivity index (χ0n) is 9.94. The Bertz CT molecular complexity index is 462. The Morgan fingerprint density at radius 3 is 3.06 bits per heavy atom. The fraction of sp³-hybridized carbons (Fsp3) is 0.462. The predicted octanol–water partition coefficient (Wildman–Crippen LogP) is 2.64. The number of aryl methyl sites for hydroxylation is 2. The number of rotatable bonds is 5. The third-order valence-electron chi connectivity index (χ3n) is 2.89. The zero-order valence-corrected chi connectivity index (χ0v) is 9.94. The van der Waals surface area contributed by atoms with Crippen LogP contribution in [0.2, 0.25) is 0 Å². The molecule has 0 aliphatic carbocycles. The van der Waals surface area contributed by atoms with Crippen molar-refractivity contribution in [2.45, 2.75) is 26.3 Å². The average molecular weight is 218 g/mol. The molecule has 0 saturated heterocycles. The highest BCUT2D eigenvalue weighted by Gasteiger charge is 2.06. The maximum atomic E-state index is 5.08. The summed E-state index contributed by atoms with van der Waals surface area (Å²) >= 11 is 0. The second-order valence-corrected chi connectivity index (χ2v) is 3.94. The predicted molar refractivity (Wildman–Crippen MR) is 65.6 cm³/mol. The number of nitrogens with zero attached hydrogens (tertiary/aromatic N) is 2. The summed E-state index contributed by atoms with van der Waals surface area (Å²) in [5, 5.41) is 1.28. The molecule has 0 saturated carbocycles. The number of aromatic nitrogens is 2. The van der Waals surface area contributed by atoms with Gasteiger partial charge in [0.05, 0.1) is 5.52 Å². The molecular formula is C13H18N2O. The minimum atomic E-state index is 0.812. The molecule has 0 bridgehead atoms. The van der Waals surface area contributed by atoms with E-state index in [2.05, 4.69) is 28.7 Å². The maximum absolute atomic E-state index is 5.08. The summed E-state index contributed by atoms with van der Waals surface area (Å²) in [6.07, 6.45) is 8.16. The molecule has 0 N–H and O–H groups in total. The van der Waals surface area contributed by atoms with E-state index in [1.165, 1.54) is 16.5 Å². The summed E-state index contributed by atoms with van der Waals surface area (Å²) < 4.78 is 7.38. The minimum Gasteiger partial charge on any atom is -0.385 e. The molecule has 0 radical (unpaired) electrons. The van der Waals surface area contributed by atoms with Crippen LogP contribution in [0.1, 0.15) is 18.9 Å². The number of hydrogen-bond acceptors (Lipinski definition) is 2. The fourth-order valence-corrected chi connectivity index (χ4v) is 2.06. The first kappa shape index (κ1) is 11.1. The SMILES string of the molecule is CCc1cn(CCCOC)c2ccncc12. The van der Waals surface area contributed by atoms with Crippen LogP contribution in [0.4, 0.5) is 0 Å². The van der Waals surface area contributed by atoms with Crippen molar-refractivity contribution in [2.24, 2.45) is 0 Å². The van der Waals surface area contributed by atoms with Crippen molar-refractivity contribution in [1.82, 2.24) is 9.55 Å². The van der Waals surface area contributed by atoms with Crippen LogP contribution in [0, 0.1) is 0 Å². The maximum Gasteiger partial charge on any atom is 0.0514 e. The van der Waals surface area contributed by atoms with E-state index in [-0.39, 0.29) is 0 Å². The highest BCUT2D eigenvalue weighted by atomic mass is 16.5. The van der Waals surface area contributed by atoms with Crippen molar-refractivity contribution >= 4 is 10.9 Å². The highest BCUT2D eigenvalue weighted by Crippen LogP contribution is 2.20. The molecule has 2 rings (SSSR count). The van der Waals surface area contributed by atoms with E-state index in [1.807, 2.05) is 12.4 Å². The van der Waals surface area contributed by atoms with Crippen molar-refractivity contribution in [3.63, 3.8) is 0 Å². The molecule has 3 nitrogen and oxygen atoms in total. The van der Waals surface area contributed by atoms with E-state index >= 15 is 0 Å². The van der Waals surface area contributed by atoms with Gasteiger partial charge in [-0.25, -0.2) is 0 Å². The molecule has 0 aromatic carbocycles. The zero-order chi connectivity index (χ0) is 11.4. The third kappa shape index (κ3) is 2.09. The van der Waals surface area contributed by atoms with Crippen molar-refractivity contribution < 1.29 is 4.74 Å². The third-order valence-corrected chi connectivity index (χ3v) is 2.89. The molecule has 16 heavy (non-hydrogen) atoms. The summed E-state index contributed by atoms with van der Waals surface area (Å²) in [5.41, 5.74) is 2.66. The lowest BCUT2D eigenvalue weighted by Crippen LogP contribution is -1.99. The van der Waals surface area contributed by atoms with Gasteiger partial charge in [-0.05, 0) is 24.5 Å². The molecule has 2 aromatic heterocycles. The Kier molecular flexibility index (Phi) is 3.57. The van der Waals surface area contributed by atoms with Crippen LogP contribution in [0.25, 0.3) is 10.9 Å². The first-order valence-corrected chi connectivity index (χ1v) is 5.77. The molecule has 3 heteroatoms. The Morgan fingerprint density at radius 1 is 1.44 bits per heavy atom. The lowest BCUT2D eigenvalue weighted by atomic mass is 10.2. The Hall–Kier alpha value is -1.35. The van der Waals surface area contributed by atoms with Crippen LogP contribution in [-0.4, -0.2) is 23.3 Å². The fourth-order valence-electron chi connectivity index (χ4n) is 2.06. The smallest absolute Gasteiger partial charge is 0.0514 e. The summed E-state index contributed by atoms with van der Waals surface area (Å²) in [7, 11) is 1.75. The number of fused-ring (bicyclic) bond motifs is 1. The number of ether oxygens (including phenoxy) is 1. The van der Waals surface area contributed by atoms with Gasteiger partial charge in [-0.3, -0.25) is 4.98 Å². The normalized spacial score (nSPS) is 11.1. The molecule has 0 atom stereocenters. The van der Waals surface area contributed by atoms with Gasteiger partial charge in [-0.15, -0.1) is 0 Å². The Balaban J connectivity index is 2.30. The average Bonchev–Trinajstić information content (AvgIpc) is 2.68. The highest BCUT2D eigenvalue weighted by molar-refractivity contribution is 5.82. The monoisotopic (exact) mass is 218 g/mol. The van der Waals surface area contributed by atoms with Crippen molar-refractivity contribution in [3.05, 3.63) is 30.2 Å². The molecule has 0 fully saturated rings. The molecular weight excluding hydrogens is 200 g/mol. The lowest BCUT2D eigenvalue weighted by Gasteiger charge is -2.03. The molecule has 0 unspecified atom stereocenters. The first-order chi connectivity index (χ1) is 7.86. The molecule has 0 spiro atoms. The topological polar surface area (TPSA) is 27.1 Å². The van der Waals surface area contributed by atoms with E-state index in [4.69, 9.17) is 4.74 Å². The quantitative estimate of drug-likeness (QED) is 0.721. The molecule has 2 aromatic rings. The van der Waals surface area contributed by atoms with Crippen LogP contribution in [0.3, 0.4) is 0 Å². The number of hydrogen-bond donors (Lipinski definition) is 0. The molecule has 2 heterocycles. The standard InChI is InChI=1S/C13H18N2O/c1-3-11-10-15(7-4-8-16-2)13-5-6-14-9-12(11)13/h5-6,9-10H,3-4,7-8H2,1-2H3. The lowest BCUT2D eigenvalue weighted by molar-refractivity contribution is 0.190. The van der Waals surface area contributed by atoms with Crippen LogP contribution in [-0.2, 0) is 17.7 Å². The van der Waals surface area contributed by atoms with E-state index in [1.54, 1.807) is 7.11 Å². The number of methoxy groups -OCH3 is 1. The van der Waals surface area contributed by atoms with Crippen LogP contribution >= 0.6 is 0 Å². The van der Waals surface area contributed by atoms with Gasteiger partial charge >= 0.3 is 0 Å². The van der Waals surface area contributed by atoms with Gasteiger partial charge in [0.25, 0.3) is 0 Å². The van der Waals surface area contributed by atoms with Crippen LogP contribution in [0.5, 0.6) is 0 Å². The molecule has 0 amide bonds. The van der Waals surface area contributed by atoms with E-state index < -0.39 is 0 Å². The van der Waals surface area contributed by atoms with Gasteiger partial charge in [0.15, 0.2) is 0 Å². The van der Waals surface area contributed by atoms with E-state index in [9.17, 15) is 0 Å². The van der Waals surface area contributed by atoms with Crippen molar-refractivity contribution in [1.29, 1.82) is 0 Å². The molecule has 0 aliphatic heterocycles. The van der Waals surface area contributed by atoms with Crippen LogP contribution < -0.4 is 0 Å². The minimum absolute atomic E-state index is 0.812. The molecule has 0 aliphatic rings. The van der Waals surface area contributed by atoms with Gasteiger partial charge < -0.3 is 9.30 Å². The van der Waals surface area contributed by atoms with Gasteiger partial charge in [-0.1, -0.05) is 6.92 Å². The Morgan fingerprint density at radius 2 is 2.31 bits per heavy atom. The summed E-state index contributed by atoms with van der Waals surface area (Å²) in [5.74, 6) is 0. The number of pyridine rings is 1. The largest absolute Gasteiger partial charge is 0.385 e. The summed E-state index contributed by atoms with van der Waals surface area (Å²) in [6, 6.07) is 2.08. The summed E-state index contributed by atoms with van der Waals surface area (Å²) in [4.78, 5) is 4.19. The van der Waals surface area contributed by atoms with E-state index in [0.29, 0.717) is 0 Å².